The van der Waals surface area contributed by atoms with E-state index in [-0.39, 0.29) is 6.61 Å². The first-order valence-electron chi connectivity index (χ1n) is 9.88. The molecular weight excluding hydrogens is 410 g/mol. The van der Waals surface area contributed by atoms with Gasteiger partial charge in [0, 0.05) is 21.8 Å². The Morgan fingerprint density at radius 1 is 0.871 bits per heavy atom. The van der Waals surface area contributed by atoms with Crippen LogP contribution in [0.15, 0.2) is 84.9 Å². The Hall–Kier alpha value is -3.70. The molecule has 0 saturated carbocycles. The second-order valence-electron chi connectivity index (χ2n) is 6.73. The van der Waals surface area contributed by atoms with E-state index in [4.69, 9.17) is 16.3 Å². The Bertz CT molecular complexity index is 1180. The van der Waals surface area contributed by atoms with Crippen molar-refractivity contribution in [2.45, 2.75) is 6.92 Å². The van der Waals surface area contributed by atoms with Crippen molar-refractivity contribution in [2.75, 3.05) is 11.9 Å². The fourth-order valence-corrected chi connectivity index (χ4v) is 3.41. The summed E-state index contributed by atoms with van der Waals surface area (Å²) in [7, 11) is 0. The minimum Gasteiger partial charge on any atom is -0.462 e. The highest BCUT2D eigenvalue weighted by molar-refractivity contribution is 6.30. The molecule has 31 heavy (non-hydrogen) atoms. The molecule has 0 atom stereocenters. The number of rotatable bonds is 6. The van der Waals surface area contributed by atoms with Gasteiger partial charge in [-0.25, -0.2) is 4.79 Å². The van der Waals surface area contributed by atoms with Crippen molar-refractivity contribution in [3.05, 3.63) is 95.5 Å². The number of nitrogens with zero attached hydrogens (tertiary/aromatic N) is 2. The van der Waals surface area contributed by atoms with E-state index in [2.05, 4.69) is 15.5 Å². The average Bonchev–Trinajstić information content (AvgIpc) is 2.81. The van der Waals surface area contributed by atoms with Gasteiger partial charge in [0.05, 0.1) is 6.61 Å². The summed E-state index contributed by atoms with van der Waals surface area (Å²) < 4.78 is 5.41. The number of benzene rings is 3. The van der Waals surface area contributed by atoms with E-state index >= 15 is 0 Å². The van der Waals surface area contributed by atoms with Gasteiger partial charge >= 0.3 is 5.97 Å². The Morgan fingerprint density at radius 3 is 2.10 bits per heavy atom. The number of hydrogen-bond acceptors (Lipinski definition) is 5. The van der Waals surface area contributed by atoms with Gasteiger partial charge in [-0.05, 0) is 36.8 Å². The first kappa shape index (κ1) is 20.6. The van der Waals surface area contributed by atoms with Gasteiger partial charge < -0.3 is 10.1 Å². The third-order valence-electron chi connectivity index (χ3n) is 4.67. The summed E-state index contributed by atoms with van der Waals surface area (Å²) in [6.07, 6.45) is 0. The topological polar surface area (TPSA) is 64.1 Å². The minimum absolute atomic E-state index is 0.246. The minimum atomic E-state index is -0.468. The van der Waals surface area contributed by atoms with Crippen molar-refractivity contribution in [1.29, 1.82) is 0 Å². The van der Waals surface area contributed by atoms with Gasteiger partial charge in [0.25, 0.3) is 0 Å². The van der Waals surface area contributed by atoms with Gasteiger partial charge in [0.1, 0.15) is 11.3 Å². The zero-order chi connectivity index (χ0) is 21.6. The smallest absolute Gasteiger partial charge is 0.342 e. The van der Waals surface area contributed by atoms with Gasteiger partial charge in [0.2, 0.25) is 0 Å². The normalized spacial score (nSPS) is 10.5. The molecule has 3 aromatic carbocycles. The maximum absolute atomic E-state index is 13.1. The Kier molecular flexibility index (Phi) is 6.24. The van der Waals surface area contributed by atoms with E-state index in [0.29, 0.717) is 27.7 Å². The molecule has 6 heteroatoms. The molecule has 154 valence electrons. The number of halogens is 1. The van der Waals surface area contributed by atoms with Crippen LogP contribution >= 0.6 is 11.6 Å². The van der Waals surface area contributed by atoms with Crippen LogP contribution in [0.5, 0.6) is 0 Å². The molecule has 5 nitrogen and oxygen atoms in total. The van der Waals surface area contributed by atoms with Crippen LogP contribution in [0.3, 0.4) is 0 Å². The van der Waals surface area contributed by atoms with Crippen LogP contribution in [0.4, 0.5) is 11.5 Å². The Morgan fingerprint density at radius 2 is 1.48 bits per heavy atom. The molecule has 0 aliphatic carbocycles. The van der Waals surface area contributed by atoms with Crippen molar-refractivity contribution in [2.24, 2.45) is 0 Å². The number of hydrogen-bond donors (Lipinski definition) is 1. The van der Waals surface area contributed by atoms with Crippen molar-refractivity contribution >= 4 is 29.1 Å². The molecule has 4 aromatic rings. The van der Waals surface area contributed by atoms with Gasteiger partial charge in [-0.1, -0.05) is 72.3 Å². The standard InChI is InChI=1S/C25H20ClN3O2/c1-2-31-25(30)22-21(17-9-5-3-6-10-17)23(18-11-7-4-8-12-18)28-29-24(22)27-20-15-13-19(26)14-16-20/h3-16H,2H2,1H3,(H,27,29). The largest absolute Gasteiger partial charge is 0.462 e. The molecule has 1 N–H and O–H groups in total. The van der Waals surface area contributed by atoms with Crippen LogP contribution in [0.2, 0.25) is 5.02 Å². The number of carbonyl (C=O) groups excluding carboxylic acids is 1. The first-order chi connectivity index (χ1) is 15.2. The second-order valence-corrected chi connectivity index (χ2v) is 7.17. The number of carbonyl (C=O) groups is 1. The lowest BCUT2D eigenvalue weighted by Gasteiger charge is -2.17. The molecule has 1 heterocycles. The predicted molar refractivity (Wildman–Crippen MR) is 124 cm³/mol. The fraction of sp³-hybridized carbons (Fsp3) is 0.0800. The van der Waals surface area contributed by atoms with E-state index in [1.165, 1.54) is 0 Å². The molecule has 0 spiro atoms. The number of ether oxygens (including phenoxy) is 1. The number of anilines is 2. The van der Waals surface area contributed by atoms with Crippen LogP contribution in [-0.4, -0.2) is 22.8 Å². The van der Waals surface area contributed by atoms with Crippen LogP contribution in [0, 0.1) is 0 Å². The van der Waals surface area contributed by atoms with Gasteiger partial charge in [-0.2, -0.15) is 0 Å². The van der Waals surface area contributed by atoms with Crippen LogP contribution in [0.1, 0.15) is 17.3 Å². The van der Waals surface area contributed by atoms with Crippen molar-refractivity contribution in [1.82, 2.24) is 10.2 Å². The molecule has 0 aliphatic rings. The fourth-order valence-electron chi connectivity index (χ4n) is 3.28. The van der Waals surface area contributed by atoms with E-state index < -0.39 is 5.97 Å². The van der Waals surface area contributed by atoms with E-state index in [1.807, 2.05) is 72.8 Å². The van der Waals surface area contributed by atoms with E-state index in [0.717, 1.165) is 16.8 Å². The lowest BCUT2D eigenvalue weighted by Crippen LogP contribution is -2.13. The van der Waals surface area contributed by atoms with Gasteiger partial charge in [-0.15, -0.1) is 10.2 Å². The third kappa shape index (κ3) is 4.57. The summed E-state index contributed by atoms with van der Waals surface area (Å²) >= 11 is 6.00. The highest BCUT2D eigenvalue weighted by Gasteiger charge is 2.25. The second kappa shape index (κ2) is 9.41. The maximum Gasteiger partial charge on any atom is 0.342 e. The molecule has 0 bridgehead atoms. The zero-order valence-electron chi connectivity index (χ0n) is 16.9. The summed E-state index contributed by atoms with van der Waals surface area (Å²) in [6, 6.07) is 26.5. The Balaban J connectivity index is 1.96. The van der Waals surface area contributed by atoms with Crippen LogP contribution < -0.4 is 5.32 Å². The average molecular weight is 430 g/mol. The predicted octanol–water partition coefficient (Wildman–Crippen LogP) is 6.38. The first-order valence-corrected chi connectivity index (χ1v) is 10.3. The number of esters is 1. The molecule has 4 rings (SSSR count). The number of aromatic nitrogens is 2. The molecule has 0 fully saturated rings. The lowest BCUT2D eigenvalue weighted by molar-refractivity contribution is 0.0528. The van der Waals surface area contributed by atoms with Gasteiger partial charge in [0.15, 0.2) is 5.82 Å². The molecule has 0 radical (unpaired) electrons. The van der Waals surface area contributed by atoms with Crippen LogP contribution in [-0.2, 0) is 4.74 Å². The van der Waals surface area contributed by atoms with Crippen LogP contribution in [0.25, 0.3) is 22.4 Å². The summed E-state index contributed by atoms with van der Waals surface area (Å²) in [4.78, 5) is 13.1. The molecular formula is C25H20ClN3O2. The van der Waals surface area contributed by atoms with E-state index in [1.54, 1.807) is 19.1 Å². The summed E-state index contributed by atoms with van der Waals surface area (Å²) in [6.45, 7) is 2.02. The molecule has 0 saturated heterocycles. The summed E-state index contributed by atoms with van der Waals surface area (Å²) in [5, 5.41) is 12.7. The van der Waals surface area contributed by atoms with Crippen molar-refractivity contribution < 1.29 is 9.53 Å². The maximum atomic E-state index is 13.1. The van der Waals surface area contributed by atoms with E-state index in [9.17, 15) is 4.79 Å². The lowest BCUT2D eigenvalue weighted by atomic mass is 9.95. The molecule has 1 aromatic heterocycles. The quantitative estimate of drug-likeness (QED) is 0.360. The Labute approximate surface area is 185 Å². The highest BCUT2D eigenvalue weighted by Crippen LogP contribution is 2.37. The molecule has 0 aliphatic heterocycles. The molecule has 0 unspecified atom stereocenters. The highest BCUT2D eigenvalue weighted by atomic mass is 35.5. The number of nitrogens with one attached hydrogen (secondary N) is 1. The SMILES string of the molecule is CCOC(=O)c1c(Nc2ccc(Cl)cc2)nnc(-c2ccccc2)c1-c1ccccc1. The summed E-state index contributed by atoms with van der Waals surface area (Å²) in [5.41, 5.74) is 4.04. The van der Waals surface area contributed by atoms with Crippen molar-refractivity contribution in [3.8, 4) is 22.4 Å². The molecule has 0 amide bonds. The van der Waals surface area contributed by atoms with Crippen molar-refractivity contribution in [3.63, 3.8) is 0 Å². The summed E-state index contributed by atoms with van der Waals surface area (Å²) in [5.74, 6) is -0.149. The monoisotopic (exact) mass is 429 g/mol. The third-order valence-corrected chi connectivity index (χ3v) is 4.92. The zero-order valence-corrected chi connectivity index (χ0v) is 17.6. The van der Waals surface area contributed by atoms with Gasteiger partial charge in [-0.3, -0.25) is 0 Å².